The van der Waals surface area contributed by atoms with Crippen molar-refractivity contribution in [1.29, 1.82) is 0 Å². The number of nitrogens with zero attached hydrogens (tertiary/aromatic N) is 1. The monoisotopic (exact) mass is 416 g/mol. The quantitative estimate of drug-likeness (QED) is 0.780. The van der Waals surface area contributed by atoms with E-state index in [4.69, 9.17) is 0 Å². The lowest BCUT2D eigenvalue weighted by molar-refractivity contribution is -0.186. The molecule has 0 radical (unpaired) electrons. The summed E-state index contributed by atoms with van der Waals surface area (Å²) in [7, 11) is -3.97. The Kier molecular flexibility index (Phi) is 5.44. The smallest absolute Gasteiger partial charge is 0.330 e. The minimum Gasteiger partial charge on any atom is -0.330 e. The molecule has 1 heterocycles. The van der Waals surface area contributed by atoms with Crippen LogP contribution in [0.3, 0.4) is 0 Å². The third kappa shape index (κ3) is 4.50. The van der Waals surface area contributed by atoms with Crippen molar-refractivity contribution in [3.05, 3.63) is 65.0 Å². The first-order valence-corrected chi connectivity index (χ1v) is 9.76. The first-order chi connectivity index (χ1) is 13.1. The fourth-order valence-corrected chi connectivity index (χ4v) is 4.03. The minimum absolute atomic E-state index is 0.0880. The topological polar surface area (TPSA) is 66.5 Å². The van der Waals surface area contributed by atoms with E-state index in [1.165, 1.54) is 36.4 Å². The van der Waals surface area contributed by atoms with Crippen LogP contribution in [0.2, 0.25) is 0 Å². The molecular weight excluding hydrogens is 400 g/mol. The molecule has 1 aliphatic rings. The lowest BCUT2D eigenvalue weighted by Crippen LogP contribution is -2.43. The summed E-state index contributed by atoms with van der Waals surface area (Å²) < 4.78 is 78.4. The third-order valence-electron chi connectivity index (χ3n) is 4.39. The van der Waals surface area contributed by atoms with Crippen LogP contribution in [0, 0.1) is 5.82 Å². The number of carbonyl (C=O) groups is 1. The van der Waals surface area contributed by atoms with Gasteiger partial charge < -0.3 is 4.90 Å². The van der Waals surface area contributed by atoms with Crippen LogP contribution < -0.4 is 4.72 Å². The second kappa shape index (κ2) is 7.51. The third-order valence-corrected chi connectivity index (χ3v) is 5.78. The minimum atomic E-state index is -4.98. The fraction of sp³-hybridized carbons (Fsp3) is 0.278. The Morgan fingerprint density at radius 1 is 1.11 bits per heavy atom. The van der Waals surface area contributed by atoms with E-state index in [1.54, 1.807) is 6.07 Å². The van der Waals surface area contributed by atoms with E-state index in [1.807, 2.05) is 0 Å². The van der Waals surface area contributed by atoms with Gasteiger partial charge in [0.05, 0.1) is 4.90 Å². The summed E-state index contributed by atoms with van der Waals surface area (Å²) in [5.41, 5.74) is 1.45. The maximum Gasteiger partial charge on any atom is 0.471 e. The number of fused-ring (bicyclic) bond motifs is 1. The fourth-order valence-electron chi connectivity index (χ4n) is 2.96. The van der Waals surface area contributed by atoms with E-state index in [0.717, 1.165) is 0 Å². The number of halogens is 4. The number of carbonyl (C=O) groups excluding carboxylic acids is 1. The van der Waals surface area contributed by atoms with Crippen molar-refractivity contribution in [2.45, 2.75) is 30.6 Å². The molecule has 1 amide bonds. The Labute approximate surface area is 159 Å². The normalized spacial score (nSPS) is 14.6. The Morgan fingerprint density at radius 3 is 2.54 bits per heavy atom. The maximum atomic E-state index is 13.2. The molecule has 1 N–H and O–H groups in total. The lowest BCUT2D eigenvalue weighted by atomic mass is 10.00. The van der Waals surface area contributed by atoms with Crippen LogP contribution in [0.4, 0.5) is 17.6 Å². The van der Waals surface area contributed by atoms with Crippen LogP contribution in [-0.2, 0) is 34.3 Å². The zero-order chi connectivity index (χ0) is 20.5. The van der Waals surface area contributed by atoms with Gasteiger partial charge in [-0.1, -0.05) is 18.2 Å². The molecule has 0 fully saturated rings. The molecule has 2 aromatic carbocycles. The van der Waals surface area contributed by atoms with Gasteiger partial charge in [-0.3, -0.25) is 4.79 Å². The van der Waals surface area contributed by atoms with Gasteiger partial charge in [-0.25, -0.2) is 17.5 Å². The van der Waals surface area contributed by atoms with Crippen LogP contribution in [0.5, 0.6) is 0 Å². The van der Waals surface area contributed by atoms with Gasteiger partial charge >= 0.3 is 12.1 Å². The Bertz CT molecular complexity index is 1010. The number of nitrogens with one attached hydrogen (secondary N) is 1. The van der Waals surface area contributed by atoms with Gasteiger partial charge in [0.2, 0.25) is 10.0 Å². The standard InChI is InChI=1S/C18H16F4N2O3S/c19-15-3-1-2-12(8-15)10-23-28(26,27)16-5-4-13-6-7-24(11-14(13)9-16)17(25)18(20,21)22/h1-5,8-9,23H,6-7,10-11H2. The summed E-state index contributed by atoms with van der Waals surface area (Å²) in [6, 6.07) is 9.57. The summed E-state index contributed by atoms with van der Waals surface area (Å²) >= 11 is 0. The zero-order valence-electron chi connectivity index (χ0n) is 14.5. The molecule has 5 nitrogen and oxygen atoms in total. The van der Waals surface area contributed by atoms with E-state index >= 15 is 0 Å². The van der Waals surface area contributed by atoms with Gasteiger partial charge in [-0.15, -0.1) is 0 Å². The molecule has 3 rings (SSSR count). The van der Waals surface area contributed by atoms with Gasteiger partial charge in [0.1, 0.15) is 5.82 Å². The summed E-state index contributed by atoms with van der Waals surface area (Å²) in [4.78, 5) is 12.0. The molecule has 0 spiro atoms. The van der Waals surface area contributed by atoms with Gasteiger partial charge in [0.15, 0.2) is 0 Å². The number of hydrogen-bond acceptors (Lipinski definition) is 3. The average Bonchev–Trinajstić information content (AvgIpc) is 2.64. The van der Waals surface area contributed by atoms with Crippen LogP contribution in [0.15, 0.2) is 47.4 Å². The molecule has 28 heavy (non-hydrogen) atoms. The average molecular weight is 416 g/mol. The Balaban J connectivity index is 1.78. The molecular formula is C18H16F4N2O3S. The highest BCUT2D eigenvalue weighted by Gasteiger charge is 2.43. The lowest BCUT2D eigenvalue weighted by Gasteiger charge is -2.29. The SMILES string of the molecule is O=C(N1CCc2ccc(S(=O)(=O)NCc3cccc(F)c3)cc2C1)C(F)(F)F. The van der Waals surface area contributed by atoms with Gasteiger partial charge in [0.25, 0.3) is 0 Å². The first-order valence-electron chi connectivity index (χ1n) is 8.28. The van der Waals surface area contributed by atoms with Gasteiger partial charge in [0, 0.05) is 19.6 Å². The predicted molar refractivity (Wildman–Crippen MR) is 92.0 cm³/mol. The summed E-state index contributed by atoms with van der Waals surface area (Å²) in [6.07, 6.45) is -4.78. The highest BCUT2D eigenvalue weighted by molar-refractivity contribution is 7.89. The number of hydrogen-bond donors (Lipinski definition) is 1. The van der Waals surface area contributed by atoms with Crippen molar-refractivity contribution in [3.8, 4) is 0 Å². The van der Waals surface area contributed by atoms with Crippen LogP contribution in [0.25, 0.3) is 0 Å². The predicted octanol–water partition coefficient (Wildman–Crippen LogP) is 2.75. The molecule has 10 heteroatoms. The number of benzene rings is 2. The largest absolute Gasteiger partial charge is 0.471 e. The summed E-state index contributed by atoms with van der Waals surface area (Å²) in [5, 5.41) is 0. The zero-order valence-corrected chi connectivity index (χ0v) is 15.3. The molecule has 0 aliphatic carbocycles. The molecule has 2 aromatic rings. The highest BCUT2D eigenvalue weighted by Crippen LogP contribution is 2.26. The number of alkyl halides is 3. The van der Waals surface area contributed by atoms with Crippen molar-refractivity contribution in [1.82, 2.24) is 9.62 Å². The van der Waals surface area contributed by atoms with Gasteiger partial charge in [-0.05, 0) is 47.4 Å². The molecule has 1 aliphatic heterocycles. The molecule has 0 saturated heterocycles. The van der Waals surface area contributed by atoms with Crippen LogP contribution >= 0.6 is 0 Å². The number of sulfonamides is 1. The first kappa shape index (κ1) is 20.3. The van der Waals surface area contributed by atoms with E-state index in [-0.39, 0.29) is 31.0 Å². The van der Waals surface area contributed by atoms with Gasteiger partial charge in [-0.2, -0.15) is 13.2 Å². The van der Waals surface area contributed by atoms with Crippen molar-refractivity contribution < 1.29 is 30.8 Å². The molecule has 150 valence electrons. The Morgan fingerprint density at radius 2 is 1.86 bits per heavy atom. The van der Waals surface area contributed by atoms with Crippen molar-refractivity contribution >= 4 is 15.9 Å². The van der Waals surface area contributed by atoms with E-state index < -0.39 is 27.9 Å². The van der Waals surface area contributed by atoms with Crippen molar-refractivity contribution in [2.24, 2.45) is 0 Å². The van der Waals surface area contributed by atoms with Crippen LogP contribution in [0.1, 0.15) is 16.7 Å². The molecule has 0 aromatic heterocycles. The molecule has 0 unspecified atom stereocenters. The molecule has 0 saturated carbocycles. The number of amides is 1. The second-order valence-corrected chi connectivity index (χ2v) is 8.13. The highest BCUT2D eigenvalue weighted by atomic mass is 32.2. The van der Waals surface area contributed by atoms with Crippen molar-refractivity contribution in [2.75, 3.05) is 6.54 Å². The summed E-state index contributed by atoms with van der Waals surface area (Å²) in [5.74, 6) is -2.45. The molecule has 0 atom stereocenters. The maximum absolute atomic E-state index is 13.2. The Hall–Kier alpha value is -2.46. The number of rotatable bonds is 4. The second-order valence-electron chi connectivity index (χ2n) is 6.36. The van der Waals surface area contributed by atoms with E-state index in [2.05, 4.69) is 4.72 Å². The van der Waals surface area contributed by atoms with E-state index in [9.17, 15) is 30.8 Å². The molecule has 0 bridgehead atoms. The summed E-state index contributed by atoms with van der Waals surface area (Å²) in [6.45, 7) is -0.550. The van der Waals surface area contributed by atoms with E-state index in [0.29, 0.717) is 21.6 Å². The van der Waals surface area contributed by atoms with Crippen molar-refractivity contribution in [3.63, 3.8) is 0 Å². The van der Waals surface area contributed by atoms with Crippen LogP contribution in [-0.4, -0.2) is 31.9 Å².